The molecule has 16 heavy (non-hydrogen) atoms. The molecule has 1 saturated carbocycles. The predicted molar refractivity (Wildman–Crippen MR) is 64.5 cm³/mol. The molecule has 3 heteroatoms. The van der Waals surface area contributed by atoms with Gasteiger partial charge >= 0.3 is 0 Å². The second kappa shape index (κ2) is 4.63. The van der Waals surface area contributed by atoms with Crippen molar-refractivity contribution in [2.45, 2.75) is 50.8 Å². The maximum Gasteiger partial charge on any atom is 0.0728 e. The van der Waals surface area contributed by atoms with Crippen LogP contribution in [0, 0.1) is 5.92 Å². The first-order valence-corrected chi connectivity index (χ1v) is 6.93. The normalized spacial score (nSPS) is 38.8. The summed E-state index contributed by atoms with van der Waals surface area (Å²) < 4.78 is 5.82. The molecule has 3 nitrogen and oxygen atoms in total. The van der Waals surface area contributed by atoms with E-state index in [4.69, 9.17) is 4.74 Å². The Bertz CT molecular complexity index is 236. The van der Waals surface area contributed by atoms with E-state index >= 15 is 0 Å². The Morgan fingerprint density at radius 3 is 2.88 bits per heavy atom. The van der Waals surface area contributed by atoms with Gasteiger partial charge in [0, 0.05) is 38.3 Å². The fourth-order valence-corrected chi connectivity index (χ4v) is 3.20. The summed E-state index contributed by atoms with van der Waals surface area (Å²) in [6, 6.07) is 1.38. The van der Waals surface area contributed by atoms with Crippen molar-refractivity contribution in [1.29, 1.82) is 0 Å². The number of nitrogens with one attached hydrogen (secondary N) is 1. The van der Waals surface area contributed by atoms with Crippen LogP contribution in [0.25, 0.3) is 0 Å². The van der Waals surface area contributed by atoms with E-state index in [1.165, 1.54) is 38.8 Å². The van der Waals surface area contributed by atoms with Crippen molar-refractivity contribution in [2.24, 2.45) is 5.92 Å². The lowest BCUT2D eigenvalue weighted by Gasteiger charge is -2.39. The van der Waals surface area contributed by atoms with Crippen LogP contribution >= 0.6 is 0 Å². The maximum absolute atomic E-state index is 5.82. The molecule has 2 heterocycles. The third kappa shape index (κ3) is 2.27. The molecular formula is C13H24N2O. The molecule has 2 aliphatic heterocycles. The molecule has 92 valence electrons. The number of nitrogens with zero attached hydrogens (tertiary/aromatic N) is 1. The second-order valence-electron chi connectivity index (χ2n) is 5.69. The SMILES string of the molecule is CC(C1CCCO1)N1CCNC(C2CC2)C1. The molecule has 3 unspecified atom stereocenters. The largest absolute Gasteiger partial charge is 0.377 e. The minimum atomic E-state index is 0.498. The van der Waals surface area contributed by atoms with Crippen molar-refractivity contribution in [3.8, 4) is 0 Å². The predicted octanol–water partition coefficient (Wildman–Crippen LogP) is 1.24. The Hall–Kier alpha value is -0.120. The summed E-state index contributed by atoms with van der Waals surface area (Å²) in [5, 5.41) is 3.67. The van der Waals surface area contributed by atoms with Crippen LogP contribution in [-0.4, -0.2) is 49.3 Å². The first-order chi connectivity index (χ1) is 7.84. The zero-order valence-corrected chi connectivity index (χ0v) is 10.3. The fraction of sp³-hybridized carbons (Fsp3) is 1.00. The van der Waals surface area contributed by atoms with Crippen molar-refractivity contribution in [3.63, 3.8) is 0 Å². The van der Waals surface area contributed by atoms with Gasteiger partial charge in [0.1, 0.15) is 0 Å². The van der Waals surface area contributed by atoms with Crippen LogP contribution in [0.2, 0.25) is 0 Å². The maximum atomic E-state index is 5.82. The van der Waals surface area contributed by atoms with E-state index in [1.807, 2.05) is 0 Å². The highest BCUT2D eigenvalue weighted by Crippen LogP contribution is 2.34. The van der Waals surface area contributed by atoms with Crippen LogP contribution in [0.1, 0.15) is 32.6 Å². The molecular weight excluding hydrogens is 200 g/mol. The number of rotatable bonds is 3. The van der Waals surface area contributed by atoms with Crippen molar-refractivity contribution in [1.82, 2.24) is 10.2 Å². The van der Waals surface area contributed by atoms with Crippen molar-refractivity contribution in [2.75, 3.05) is 26.2 Å². The molecule has 0 radical (unpaired) electrons. The monoisotopic (exact) mass is 224 g/mol. The molecule has 0 amide bonds. The standard InChI is InChI=1S/C13H24N2O/c1-10(13-3-2-8-16-13)15-7-6-14-12(9-15)11-4-5-11/h10-14H,2-9H2,1H3. The van der Waals surface area contributed by atoms with Crippen LogP contribution in [0.3, 0.4) is 0 Å². The summed E-state index contributed by atoms with van der Waals surface area (Å²) in [4.78, 5) is 2.65. The van der Waals surface area contributed by atoms with Gasteiger partial charge in [-0.25, -0.2) is 0 Å². The molecule has 3 fully saturated rings. The zero-order valence-electron chi connectivity index (χ0n) is 10.3. The Morgan fingerprint density at radius 2 is 2.19 bits per heavy atom. The lowest BCUT2D eigenvalue weighted by Crippen LogP contribution is -2.56. The number of piperazine rings is 1. The van der Waals surface area contributed by atoms with Gasteiger partial charge in [-0.1, -0.05) is 0 Å². The van der Waals surface area contributed by atoms with Crippen LogP contribution in [0.15, 0.2) is 0 Å². The molecule has 3 rings (SSSR count). The van der Waals surface area contributed by atoms with E-state index < -0.39 is 0 Å². The topological polar surface area (TPSA) is 24.5 Å². The number of hydrogen-bond donors (Lipinski definition) is 1. The van der Waals surface area contributed by atoms with Gasteiger partial charge in [-0.15, -0.1) is 0 Å². The third-order valence-corrected chi connectivity index (χ3v) is 4.51. The van der Waals surface area contributed by atoms with Crippen LogP contribution in [0.4, 0.5) is 0 Å². The summed E-state index contributed by atoms with van der Waals surface area (Å²) >= 11 is 0. The van der Waals surface area contributed by atoms with Gasteiger partial charge in [-0.05, 0) is 38.5 Å². The Balaban J connectivity index is 1.55. The summed E-state index contributed by atoms with van der Waals surface area (Å²) in [5.74, 6) is 0.972. The molecule has 3 aliphatic rings. The highest BCUT2D eigenvalue weighted by atomic mass is 16.5. The summed E-state index contributed by atoms with van der Waals surface area (Å²) in [5.41, 5.74) is 0. The van der Waals surface area contributed by atoms with Crippen molar-refractivity contribution < 1.29 is 4.74 Å². The van der Waals surface area contributed by atoms with Gasteiger partial charge in [0.25, 0.3) is 0 Å². The van der Waals surface area contributed by atoms with Gasteiger partial charge in [-0.2, -0.15) is 0 Å². The molecule has 2 saturated heterocycles. The van der Waals surface area contributed by atoms with Crippen LogP contribution < -0.4 is 5.32 Å². The average molecular weight is 224 g/mol. The lowest BCUT2D eigenvalue weighted by molar-refractivity contribution is 0.0183. The summed E-state index contributed by atoms with van der Waals surface area (Å²) in [6.07, 6.45) is 5.91. The Kier molecular flexibility index (Phi) is 3.18. The van der Waals surface area contributed by atoms with Crippen molar-refractivity contribution >= 4 is 0 Å². The molecule has 0 aromatic carbocycles. The zero-order chi connectivity index (χ0) is 11.0. The van der Waals surface area contributed by atoms with Crippen LogP contribution in [0.5, 0.6) is 0 Å². The second-order valence-corrected chi connectivity index (χ2v) is 5.69. The first kappa shape index (κ1) is 11.0. The van der Waals surface area contributed by atoms with E-state index in [-0.39, 0.29) is 0 Å². The molecule has 1 aliphatic carbocycles. The van der Waals surface area contributed by atoms with E-state index in [2.05, 4.69) is 17.1 Å². The van der Waals surface area contributed by atoms with E-state index in [1.54, 1.807) is 0 Å². The average Bonchev–Trinajstić information content (AvgIpc) is 3.04. The highest BCUT2D eigenvalue weighted by Gasteiger charge is 2.36. The lowest BCUT2D eigenvalue weighted by atomic mass is 10.0. The van der Waals surface area contributed by atoms with Gasteiger partial charge in [0.2, 0.25) is 0 Å². The molecule has 0 spiro atoms. The van der Waals surface area contributed by atoms with E-state index in [9.17, 15) is 0 Å². The quantitative estimate of drug-likeness (QED) is 0.780. The highest BCUT2D eigenvalue weighted by molar-refractivity contribution is 4.93. The molecule has 0 aromatic rings. The Labute approximate surface area is 98.5 Å². The van der Waals surface area contributed by atoms with E-state index in [0.29, 0.717) is 12.1 Å². The smallest absolute Gasteiger partial charge is 0.0728 e. The molecule has 3 atom stereocenters. The molecule has 0 aromatic heterocycles. The number of hydrogen-bond acceptors (Lipinski definition) is 3. The molecule has 1 N–H and O–H groups in total. The van der Waals surface area contributed by atoms with E-state index in [0.717, 1.165) is 25.1 Å². The first-order valence-electron chi connectivity index (χ1n) is 6.93. The minimum absolute atomic E-state index is 0.498. The summed E-state index contributed by atoms with van der Waals surface area (Å²) in [6.45, 7) is 6.94. The third-order valence-electron chi connectivity index (χ3n) is 4.51. The van der Waals surface area contributed by atoms with Crippen LogP contribution in [-0.2, 0) is 4.74 Å². The molecule has 0 bridgehead atoms. The van der Waals surface area contributed by atoms with Gasteiger partial charge in [0.15, 0.2) is 0 Å². The van der Waals surface area contributed by atoms with Crippen molar-refractivity contribution in [3.05, 3.63) is 0 Å². The van der Waals surface area contributed by atoms with Gasteiger partial charge in [-0.3, -0.25) is 4.90 Å². The van der Waals surface area contributed by atoms with Gasteiger partial charge in [0.05, 0.1) is 6.10 Å². The van der Waals surface area contributed by atoms with Gasteiger partial charge < -0.3 is 10.1 Å². The number of ether oxygens (including phenoxy) is 1. The summed E-state index contributed by atoms with van der Waals surface area (Å²) in [7, 11) is 0. The minimum Gasteiger partial charge on any atom is -0.377 e. The Morgan fingerprint density at radius 1 is 1.31 bits per heavy atom. The fourth-order valence-electron chi connectivity index (χ4n) is 3.20.